The highest BCUT2D eigenvalue weighted by Gasteiger charge is 2.07. The Morgan fingerprint density at radius 3 is 3.15 bits per heavy atom. The van der Waals surface area contributed by atoms with E-state index in [0.29, 0.717) is 11.5 Å². The summed E-state index contributed by atoms with van der Waals surface area (Å²) in [5, 5.41) is 2.50. The van der Waals surface area contributed by atoms with Crippen LogP contribution < -0.4 is 5.32 Å². The van der Waals surface area contributed by atoms with Crippen LogP contribution in [0, 0.1) is 0 Å². The minimum absolute atomic E-state index is 0.203. The quantitative estimate of drug-likeness (QED) is 0.669. The molecule has 5 heteroatoms. The Labute approximate surface area is 74.4 Å². The van der Waals surface area contributed by atoms with Gasteiger partial charge in [-0.15, -0.1) is 0 Å². The van der Waals surface area contributed by atoms with Crippen molar-refractivity contribution in [3.63, 3.8) is 0 Å². The van der Waals surface area contributed by atoms with Gasteiger partial charge in [-0.25, -0.2) is 9.97 Å². The van der Waals surface area contributed by atoms with Crippen LogP contribution in [0.5, 0.6) is 0 Å². The molecular formula is C8H8N4O. The van der Waals surface area contributed by atoms with Crippen LogP contribution >= 0.6 is 0 Å². The monoisotopic (exact) mass is 176 g/mol. The molecule has 5 nitrogen and oxygen atoms in total. The molecule has 2 rings (SSSR count). The van der Waals surface area contributed by atoms with Gasteiger partial charge < -0.3 is 5.32 Å². The van der Waals surface area contributed by atoms with Crippen LogP contribution in [0.4, 0.5) is 0 Å². The zero-order valence-electron chi connectivity index (χ0n) is 7.06. The molecule has 0 aliphatic carbocycles. The third kappa shape index (κ3) is 1.24. The smallest absolute Gasteiger partial charge is 0.271 e. The van der Waals surface area contributed by atoms with E-state index in [2.05, 4.69) is 15.3 Å². The second-order valence-corrected chi connectivity index (χ2v) is 2.53. The Kier molecular flexibility index (Phi) is 1.70. The maximum atomic E-state index is 11.2. The lowest BCUT2D eigenvalue weighted by molar-refractivity contribution is 0.0959. The summed E-state index contributed by atoms with van der Waals surface area (Å²) in [6.45, 7) is 0. The molecule has 0 unspecified atom stereocenters. The standard InChI is InChI=1S/C8H8N4O/c1-9-7(13)6-5-12-4-2-3-10-8(12)11-6/h2-5H,1H3,(H,9,13). The van der Waals surface area contributed by atoms with Gasteiger partial charge in [0.05, 0.1) is 0 Å². The van der Waals surface area contributed by atoms with Crippen molar-refractivity contribution < 1.29 is 4.79 Å². The largest absolute Gasteiger partial charge is 0.354 e. The Balaban J connectivity index is 2.56. The molecule has 0 radical (unpaired) electrons. The Bertz CT molecular complexity index is 415. The van der Waals surface area contributed by atoms with Gasteiger partial charge in [0.25, 0.3) is 5.91 Å². The molecule has 1 amide bonds. The summed E-state index contributed by atoms with van der Waals surface area (Å²) in [4.78, 5) is 19.2. The SMILES string of the molecule is CNC(=O)c1cn2cccnc2n1. The summed E-state index contributed by atoms with van der Waals surface area (Å²) < 4.78 is 1.70. The van der Waals surface area contributed by atoms with Gasteiger partial charge in [0.2, 0.25) is 5.78 Å². The third-order valence-electron chi connectivity index (χ3n) is 1.70. The van der Waals surface area contributed by atoms with Gasteiger partial charge in [-0.2, -0.15) is 0 Å². The summed E-state index contributed by atoms with van der Waals surface area (Å²) >= 11 is 0. The van der Waals surface area contributed by atoms with Crippen LogP contribution in [0.25, 0.3) is 5.78 Å². The lowest BCUT2D eigenvalue weighted by Crippen LogP contribution is -2.17. The molecular weight excluding hydrogens is 168 g/mol. The first-order chi connectivity index (χ1) is 6.31. The van der Waals surface area contributed by atoms with Gasteiger partial charge in [-0.05, 0) is 6.07 Å². The average Bonchev–Trinajstić information content (AvgIpc) is 2.59. The number of amides is 1. The molecule has 0 saturated carbocycles. The summed E-state index contributed by atoms with van der Waals surface area (Å²) in [6.07, 6.45) is 5.07. The van der Waals surface area contributed by atoms with E-state index in [-0.39, 0.29) is 5.91 Å². The number of carbonyl (C=O) groups is 1. The number of hydrogen-bond acceptors (Lipinski definition) is 3. The van der Waals surface area contributed by atoms with E-state index in [4.69, 9.17) is 0 Å². The predicted octanol–water partition coefficient (Wildman–Crippen LogP) is 0.0889. The molecule has 0 aliphatic rings. The normalized spacial score (nSPS) is 10.2. The van der Waals surface area contributed by atoms with Gasteiger partial charge in [-0.1, -0.05) is 0 Å². The topological polar surface area (TPSA) is 59.3 Å². The lowest BCUT2D eigenvalue weighted by atomic mass is 10.4. The number of nitrogens with one attached hydrogen (secondary N) is 1. The second-order valence-electron chi connectivity index (χ2n) is 2.53. The lowest BCUT2D eigenvalue weighted by Gasteiger charge is -1.89. The van der Waals surface area contributed by atoms with E-state index in [1.54, 1.807) is 36.1 Å². The van der Waals surface area contributed by atoms with Crippen LogP contribution in [0.15, 0.2) is 24.7 Å². The van der Waals surface area contributed by atoms with Crippen molar-refractivity contribution in [3.05, 3.63) is 30.4 Å². The van der Waals surface area contributed by atoms with Crippen molar-refractivity contribution in [3.8, 4) is 0 Å². The van der Waals surface area contributed by atoms with Crippen molar-refractivity contribution >= 4 is 11.7 Å². The minimum Gasteiger partial charge on any atom is -0.354 e. The number of fused-ring (bicyclic) bond motifs is 1. The second kappa shape index (κ2) is 2.85. The highest BCUT2D eigenvalue weighted by molar-refractivity contribution is 5.92. The van der Waals surface area contributed by atoms with Crippen molar-refractivity contribution in [2.24, 2.45) is 0 Å². The Morgan fingerprint density at radius 1 is 1.62 bits per heavy atom. The summed E-state index contributed by atoms with van der Waals surface area (Å²) in [6, 6.07) is 1.78. The third-order valence-corrected chi connectivity index (χ3v) is 1.70. The van der Waals surface area contributed by atoms with E-state index < -0.39 is 0 Å². The van der Waals surface area contributed by atoms with Crippen LogP contribution in [0.2, 0.25) is 0 Å². The van der Waals surface area contributed by atoms with E-state index >= 15 is 0 Å². The van der Waals surface area contributed by atoms with E-state index in [1.807, 2.05) is 0 Å². The van der Waals surface area contributed by atoms with Gasteiger partial charge in [0.15, 0.2) is 0 Å². The fourth-order valence-corrected chi connectivity index (χ4v) is 1.07. The zero-order chi connectivity index (χ0) is 9.26. The number of imidazole rings is 1. The van der Waals surface area contributed by atoms with Crippen molar-refractivity contribution in [1.29, 1.82) is 0 Å². The highest BCUT2D eigenvalue weighted by atomic mass is 16.1. The highest BCUT2D eigenvalue weighted by Crippen LogP contribution is 2.00. The molecule has 2 heterocycles. The molecule has 0 spiro atoms. The molecule has 66 valence electrons. The van der Waals surface area contributed by atoms with Gasteiger partial charge in [0.1, 0.15) is 5.69 Å². The molecule has 2 aromatic rings. The maximum Gasteiger partial charge on any atom is 0.271 e. The van der Waals surface area contributed by atoms with Gasteiger partial charge in [-0.3, -0.25) is 9.20 Å². The average molecular weight is 176 g/mol. The van der Waals surface area contributed by atoms with Gasteiger partial charge in [0, 0.05) is 25.6 Å². The number of hydrogen-bond donors (Lipinski definition) is 1. The minimum atomic E-state index is -0.203. The first-order valence-corrected chi connectivity index (χ1v) is 3.83. The molecule has 0 aliphatic heterocycles. The van der Waals surface area contributed by atoms with E-state index in [0.717, 1.165) is 0 Å². The zero-order valence-corrected chi connectivity index (χ0v) is 7.06. The van der Waals surface area contributed by atoms with Crippen LogP contribution in [0.3, 0.4) is 0 Å². The fraction of sp³-hybridized carbons (Fsp3) is 0.125. The maximum absolute atomic E-state index is 11.2. The molecule has 0 bridgehead atoms. The number of carbonyl (C=O) groups excluding carboxylic acids is 1. The first-order valence-electron chi connectivity index (χ1n) is 3.83. The Hall–Kier alpha value is -1.91. The molecule has 13 heavy (non-hydrogen) atoms. The van der Waals surface area contributed by atoms with E-state index in [9.17, 15) is 4.79 Å². The molecule has 0 aromatic carbocycles. The van der Waals surface area contributed by atoms with Crippen LogP contribution in [-0.4, -0.2) is 27.3 Å². The molecule has 1 N–H and O–H groups in total. The molecule has 0 fully saturated rings. The van der Waals surface area contributed by atoms with Gasteiger partial charge >= 0.3 is 0 Å². The van der Waals surface area contributed by atoms with Crippen LogP contribution in [0.1, 0.15) is 10.5 Å². The van der Waals surface area contributed by atoms with Crippen molar-refractivity contribution in [1.82, 2.24) is 19.7 Å². The summed E-state index contributed by atoms with van der Waals surface area (Å²) in [7, 11) is 1.57. The molecule has 0 saturated heterocycles. The fourth-order valence-electron chi connectivity index (χ4n) is 1.07. The number of aromatic nitrogens is 3. The summed E-state index contributed by atoms with van der Waals surface area (Å²) in [5.41, 5.74) is 0.376. The predicted molar refractivity (Wildman–Crippen MR) is 46.4 cm³/mol. The van der Waals surface area contributed by atoms with E-state index in [1.165, 1.54) is 0 Å². The number of nitrogens with zero attached hydrogens (tertiary/aromatic N) is 3. The first kappa shape index (κ1) is 7.72. The van der Waals surface area contributed by atoms with Crippen LogP contribution in [-0.2, 0) is 0 Å². The Morgan fingerprint density at radius 2 is 2.46 bits per heavy atom. The summed E-state index contributed by atoms with van der Waals surface area (Å²) in [5.74, 6) is 0.326. The van der Waals surface area contributed by atoms with Crippen molar-refractivity contribution in [2.45, 2.75) is 0 Å². The molecule has 0 atom stereocenters. The molecule has 2 aromatic heterocycles. The number of rotatable bonds is 1. The van der Waals surface area contributed by atoms with Crippen molar-refractivity contribution in [2.75, 3.05) is 7.05 Å².